The monoisotopic (exact) mass is 620 g/mol. The number of hydrogen-bond donors (Lipinski definition) is 1. The van der Waals surface area contributed by atoms with E-state index in [0.29, 0.717) is 43.1 Å². The van der Waals surface area contributed by atoms with E-state index in [1.165, 1.54) is 45.7 Å². The highest BCUT2D eigenvalue weighted by Gasteiger charge is 2.24. The number of aliphatic imine (C=N–C) groups is 2. The molecule has 0 bridgehead atoms. The molecule has 14 heteroatoms. The minimum Gasteiger partial charge on any atom is -0.495 e. The standard InChI is InChI=1S/C28H31Cl2FN6O5/c1-17-10-20(36-8-6-35(7-9-36)18(2)38)12-22(37(39)40)28(17)34-16-33-15-19(14-32-3)11-21(31)25-26(29)23(41-4)13-24(42-5)27(25)30/h10-15,34H,3,6-9,16H2,1-2,4-5H3/b19-14-,21-11-,33-15-. The van der Waals surface area contributed by atoms with Crippen molar-refractivity contribution in [3.63, 3.8) is 0 Å². The third kappa shape index (κ3) is 7.56. The summed E-state index contributed by atoms with van der Waals surface area (Å²) in [6.45, 7) is 8.86. The zero-order valence-electron chi connectivity index (χ0n) is 23.6. The Balaban J connectivity index is 1.80. The number of amides is 1. The second-order valence-corrected chi connectivity index (χ2v) is 9.90. The molecule has 2 aromatic carbocycles. The van der Waals surface area contributed by atoms with Crippen molar-refractivity contribution in [3.8, 4) is 11.5 Å². The molecular formula is C28H31Cl2FN6O5. The number of piperazine rings is 1. The highest BCUT2D eigenvalue weighted by Crippen LogP contribution is 2.44. The summed E-state index contributed by atoms with van der Waals surface area (Å²) in [5.74, 6) is -0.459. The van der Waals surface area contributed by atoms with Crippen LogP contribution in [0, 0.1) is 17.0 Å². The van der Waals surface area contributed by atoms with Crippen molar-refractivity contribution in [2.45, 2.75) is 13.8 Å². The van der Waals surface area contributed by atoms with Crippen molar-refractivity contribution in [2.75, 3.05) is 57.3 Å². The van der Waals surface area contributed by atoms with Gasteiger partial charge >= 0.3 is 0 Å². The Labute approximate surface area is 253 Å². The number of anilines is 2. The Bertz CT molecular complexity index is 1430. The molecule has 1 fully saturated rings. The molecule has 1 heterocycles. The average molecular weight is 621 g/mol. The number of nitro benzene ring substituents is 1. The van der Waals surface area contributed by atoms with Crippen molar-refractivity contribution >= 4 is 64.9 Å². The van der Waals surface area contributed by atoms with Crippen LogP contribution in [0.25, 0.3) is 5.83 Å². The van der Waals surface area contributed by atoms with Crippen LogP contribution < -0.4 is 19.7 Å². The molecule has 1 amide bonds. The van der Waals surface area contributed by atoms with E-state index in [0.717, 1.165) is 6.08 Å². The molecule has 0 aliphatic carbocycles. The molecule has 0 unspecified atom stereocenters. The second-order valence-electron chi connectivity index (χ2n) is 9.14. The fourth-order valence-electron chi connectivity index (χ4n) is 4.39. The summed E-state index contributed by atoms with van der Waals surface area (Å²) in [5, 5.41) is 14.8. The fourth-order valence-corrected chi connectivity index (χ4v) is 5.07. The number of ether oxygens (including phenoxy) is 2. The number of methoxy groups -OCH3 is 2. The normalized spacial score (nSPS) is 14.3. The van der Waals surface area contributed by atoms with E-state index in [1.54, 1.807) is 11.8 Å². The van der Waals surface area contributed by atoms with Gasteiger partial charge in [-0.15, -0.1) is 0 Å². The van der Waals surface area contributed by atoms with Gasteiger partial charge < -0.3 is 24.6 Å². The Morgan fingerprint density at radius 2 is 1.79 bits per heavy atom. The third-order valence-electron chi connectivity index (χ3n) is 6.52. The first kappa shape index (κ1) is 32.4. The van der Waals surface area contributed by atoms with Gasteiger partial charge in [0.1, 0.15) is 29.7 Å². The lowest BCUT2D eigenvalue weighted by molar-refractivity contribution is -0.383. The molecule has 0 radical (unpaired) electrons. The van der Waals surface area contributed by atoms with Crippen molar-refractivity contribution in [1.29, 1.82) is 0 Å². The highest BCUT2D eigenvalue weighted by atomic mass is 35.5. The van der Waals surface area contributed by atoms with Crippen LogP contribution in [0.15, 0.2) is 46.0 Å². The van der Waals surface area contributed by atoms with Crippen LogP contribution >= 0.6 is 23.2 Å². The molecule has 224 valence electrons. The molecule has 0 atom stereocenters. The Hall–Kier alpha value is -4.16. The number of nitrogens with one attached hydrogen (secondary N) is 1. The van der Waals surface area contributed by atoms with Gasteiger partial charge in [-0.05, 0) is 31.3 Å². The number of benzene rings is 2. The van der Waals surface area contributed by atoms with Gasteiger partial charge in [0.2, 0.25) is 5.91 Å². The SMILES string of the molecule is C=N/C=C(\C=N/CNc1c(C)cc(N2CCN(C(C)=O)CC2)cc1[N+](=O)[O-])/C=C(\F)c1c(Cl)c(OC)cc(OC)c1Cl. The van der Waals surface area contributed by atoms with Crippen molar-refractivity contribution in [1.82, 2.24) is 4.90 Å². The summed E-state index contributed by atoms with van der Waals surface area (Å²) in [5.41, 5.74) is 1.62. The van der Waals surface area contributed by atoms with E-state index in [2.05, 4.69) is 22.0 Å². The van der Waals surface area contributed by atoms with Crippen molar-refractivity contribution in [3.05, 3.63) is 67.3 Å². The molecule has 0 saturated carbocycles. The van der Waals surface area contributed by atoms with Gasteiger partial charge in [0, 0.05) is 68.9 Å². The highest BCUT2D eigenvalue weighted by molar-refractivity contribution is 6.39. The number of nitro groups is 1. The van der Waals surface area contributed by atoms with Gasteiger partial charge in [0.05, 0.1) is 34.8 Å². The van der Waals surface area contributed by atoms with E-state index in [-0.39, 0.29) is 50.9 Å². The molecule has 1 N–H and O–H groups in total. The maximum atomic E-state index is 15.4. The maximum Gasteiger partial charge on any atom is 0.294 e. The molecule has 42 heavy (non-hydrogen) atoms. The van der Waals surface area contributed by atoms with Crippen LogP contribution in [0.1, 0.15) is 18.1 Å². The Morgan fingerprint density at radius 3 is 2.31 bits per heavy atom. The zero-order valence-corrected chi connectivity index (χ0v) is 25.1. The van der Waals surface area contributed by atoms with Crippen LogP contribution in [-0.4, -0.2) is 75.7 Å². The van der Waals surface area contributed by atoms with Gasteiger partial charge in [-0.3, -0.25) is 24.9 Å². The molecule has 3 rings (SSSR count). The summed E-state index contributed by atoms with van der Waals surface area (Å²) < 4.78 is 25.8. The Kier molecular flexibility index (Phi) is 11.3. The first-order valence-electron chi connectivity index (χ1n) is 12.7. The lowest BCUT2D eigenvalue weighted by atomic mass is 10.1. The lowest BCUT2D eigenvalue weighted by Crippen LogP contribution is -2.48. The number of carbonyl (C=O) groups excluding carboxylic acids is 1. The molecule has 1 saturated heterocycles. The number of nitrogens with zero attached hydrogens (tertiary/aromatic N) is 5. The largest absolute Gasteiger partial charge is 0.495 e. The predicted octanol–water partition coefficient (Wildman–Crippen LogP) is 5.93. The number of halogens is 3. The van der Waals surface area contributed by atoms with Gasteiger partial charge in [-0.2, -0.15) is 0 Å². The fraction of sp³-hybridized carbons (Fsp3) is 0.321. The predicted molar refractivity (Wildman–Crippen MR) is 166 cm³/mol. The molecule has 0 spiro atoms. The third-order valence-corrected chi connectivity index (χ3v) is 7.27. The van der Waals surface area contributed by atoms with Crippen LogP contribution in [0.4, 0.5) is 21.5 Å². The second kappa shape index (κ2) is 14.6. The molecule has 1 aliphatic heterocycles. The number of allylic oxidation sites excluding steroid dienone is 2. The smallest absolute Gasteiger partial charge is 0.294 e. The zero-order chi connectivity index (χ0) is 31.0. The van der Waals surface area contributed by atoms with Gasteiger partial charge in [-0.25, -0.2) is 4.39 Å². The van der Waals surface area contributed by atoms with E-state index in [9.17, 15) is 14.9 Å². The van der Waals surface area contributed by atoms with Gasteiger partial charge in [0.25, 0.3) is 5.69 Å². The summed E-state index contributed by atoms with van der Waals surface area (Å²) in [6.07, 6.45) is 3.71. The van der Waals surface area contributed by atoms with Crippen LogP contribution in [0.2, 0.25) is 10.0 Å². The molecule has 1 aliphatic rings. The number of rotatable bonds is 11. The topological polar surface area (TPSA) is 122 Å². The van der Waals surface area contributed by atoms with E-state index in [1.807, 2.05) is 11.0 Å². The molecule has 11 nitrogen and oxygen atoms in total. The van der Waals surface area contributed by atoms with Crippen LogP contribution in [0.3, 0.4) is 0 Å². The summed E-state index contributed by atoms with van der Waals surface area (Å²) >= 11 is 12.6. The van der Waals surface area contributed by atoms with E-state index < -0.39 is 10.8 Å². The number of carbonyl (C=O) groups is 1. The quantitative estimate of drug-likeness (QED) is 0.143. The molecule has 0 aromatic heterocycles. The van der Waals surface area contributed by atoms with E-state index in [4.69, 9.17) is 32.7 Å². The molecule has 2 aromatic rings. The first-order valence-corrected chi connectivity index (χ1v) is 13.4. The first-order chi connectivity index (χ1) is 20.0. The van der Waals surface area contributed by atoms with Gasteiger partial charge in [-0.1, -0.05) is 23.2 Å². The Morgan fingerprint density at radius 1 is 1.17 bits per heavy atom. The average Bonchev–Trinajstić information content (AvgIpc) is 2.95. The van der Waals surface area contributed by atoms with Crippen molar-refractivity contribution in [2.24, 2.45) is 9.98 Å². The minimum absolute atomic E-state index is 0.00476. The van der Waals surface area contributed by atoms with Crippen LogP contribution in [0.5, 0.6) is 11.5 Å². The lowest BCUT2D eigenvalue weighted by Gasteiger charge is -2.35. The summed E-state index contributed by atoms with van der Waals surface area (Å²) in [6, 6.07) is 4.80. The summed E-state index contributed by atoms with van der Waals surface area (Å²) in [4.78, 5) is 34.8. The maximum absolute atomic E-state index is 15.4. The molecular weight excluding hydrogens is 590 g/mol. The van der Waals surface area contributed by atoms with Crippen molar-refractivity contribution < 1.29 is 23.6 Å². The van der Waals surface area contributed by atoms with Crippen LogP contribution in [-0.2, 0) is 4.79 Å². The number of hydrogen-bond acceptors (Lipinski definition) is 9. The minimum atomic E-state index is -0.803. The number of aryl methyl sites for hydroxylation is 1. The summed E-state index contributed by atoms with van der Waals surface area (Å²) in [7, 11) is 2.76. The van der Waals surface area contributed by atoms with E-state index >= 15 is 4.39 Å². The van der Waals surface area contributed by atoms with Gasteiger partial charge in [0.15, 0.2) is 0 Å².